The van der Waals surface area contributed by atoms with E-state index in [1.807, 2.05) is 4.72 Å². The molecule has 5 nitrogen and oxygen atoms in total. The van der Waals surface area contributed by atoms with Gasteiger partial charge in [-0.25, -0.2) is 12.8 Å². The Morgan fingerprint density at radius 3 is 2.31 bits per heavy atom. The van der Waals surface area contributed by atoms with E-state index in [1.165, 1.54) is 6.92 Å². The third kappa shape index (κ3) is 3.01. The highest BCUT2D eigenvalue weighted by atomic mass is 32.2. The molecule has 0 aliphatic carbocycles. The number of carboxylic acid groups (broad SMARTS) is 1. The fourth-order valence-electron chi connectivity index (χ4n) is 0.965. The fraction of sp³-hybridized carbons (Fsp3) is 0.222. The molecule has 0 aromatic heterocycles. The molecule has 0 aliphatic rings. The van der Waals surface area contributed by atoms with Gasteiger partial charge in [0.2, 0.25) is 10.0 Å². The van der Waals surface area contributed by atoms with E-state index in [-0.39, 0.29) is 4.90 Å². The van der Waals surface area contributed by atoms with Gasteiger partial charge in [-0.1, -0.05) is 0 Å². The number of benzene rings is 1. The smallest absolute Gasteiger partial charge is 0.321 e. The van der Waals surface area contributed by atoms with Gasteiger partial charge in [-0.3, -0.25) is 4.79 Å². The van der Waals surface area contributed by atoms with Crippen LogP contribution in [0.25, 0.3) is 0 Å². The second-order valence-corrected chi connectivity index (χ2v) is 4.85. The van der Waals surface area contributed by atoms with E-state index in [2.05, 4.69) is 0 Å². The summed E-state index contributed by atoms with van der Waals surface area (Å²) in [5, 5.41) is 8.55. The molecule has 1 rings (SSSR count). The van der Waals surface area contributed by atoms with Gasteiger partial charge in [-0.05, 0) is 31.2 Å². The molecule has 1 aromatic carbocycles. The Labute approximate surface area is 92.0 Å². The molecule has 1 atom stereocenters. The summed E-state index contributed by atoms with van der Waals surface area (Å²) >= 11 is 0. The second-order valence-electron chi connectivity index (χ2n) is 3.14. The van der Waals surface area contributed by atoms with Gasteiger partial charge in [0.1, 0.15) is 11.9 Å². The third-order valence-corrected chi connectivity index (χ3v) is 3.38. The highest BCUT2D eigenvalue weighted by molar-refractivity contribution is 7.89. The van der Waals surface area contributed by atoms with Gasteiger partial charge >= 0.3 is 5.97 Å². The molecule has 0 aliphatic heterocycles. The molecule has 2 N–H and O–H groups in total. The quantitative estimate of drug-likeness (QED) is 0.815. The van der Waals surface area contributed by atoms with Crippen LogP contribution >= 0.6 is 0 Å². The van der Waals surface area contributed by atoms with Crippen molar-refractivity contribution >= 4 is 16.0 Å². The van der Waals surface area contributed by atoms with Crippen LogP contribution in [0.2, 0.25) is 0 Å². The van der Waals surface area contributed by atoms with Crippen LogP contribution in [0.15, 0.2) is 29.2 Å². The number of carbonyl (C=O) groups is 1. The van der Waals surface area contributed by atoms with Crippen LogP contribution in [0.1, 0.15) is 6.92 Å². The van der Waals surface area contributed by atoms with E-state index < -0.39 is 27.9 Å². The summed E-state index contributed by atoms with van der Waals surface area (Å²) in [4.78, 5) is 10.3. The minimum absolute atomic E-state index is 0.179. The molecule has 1 aromatic rings. The molecule has 0 saturated heterocycles. The average Bonchev–Trinajstić information content (AvgIpc) is 2.17. The van der Waals surface area contributed by atoms with Crippen molar-refractivity contribution in [2.45, 2.75) is 17.9 Å². The highest BCUT2D eigenvalue weighted by Gasteiger charge is 2.21. The number of halogens is 1. The molecule has 16 heavy (non-hydrogen) atoms. The lowest BCUT2D eigenvalue weighted by Gasteiger charge is -2.09. The van der Waals surface area contributed by atoms with Crippen LogP contribution in [-0.4, -0.2) is 25.5 Å². The lowest BCUT2D eigenvalue weighted by Crippen LogP contribution is -2.38. The topological polar surface area (TPSA) is 83.5 Å². The molecule has 1 unspecified atom stereocenters. The van der Waals surface area contributed by atoms with Crippen LogP contribution in [0, 0.1) is 5.82 Å². The minimum atomic E-state index is -3.92. The van der Waals surface area contributed by atoms with Gasteiger partial charge < -0.3 is 5.11 Å². The number of aliphatic carboxylic acids is 1. The van der Waals surface area contributed by atoms with Crippen LogP contribution in [0.4, 0.5) is 4.39 Å². The molecular formula is C9H10FNO4S. The van der Waals surface area contributed by atoms with Gasteiger partial charge in [0.05, 0.1) is 4.90 Å². The third-order valence-electron chi connectivity index (χ3n) is 1.83. The highest BCUT2D eigenvalue weighted by Crippen LogP contribution is 2.10. The summed E-state index contributed by atoms with van der Waals surface area (Å²) in [6.45, 7) is 1.20. The van der Waals surface area contributed by atoms with Crippen molar-refractivity contribution in [1.29, 1.82) is 0 Å². The van der Waals surface area contributed by atoms with Gasteiger partial charge in [-0.15, -0.1) is 0 Å². The zero-order chi connectivity index (χ0) is 12.3. The van der Waals surface area contributed by atoms with Gasteiger partial charge in [0, 0.05) is 0 Å². The van der Waals surface area contributed by atoms with Gasteiger partial charge in [0.25, 0.3) is 0 Å². The van der Waals surface area contributed by atoms with E-state index in [9.17, 15) is 17.6 Å². The number of nitrogens with one attached hydrogen (secondary N) is 1. The maximum absolute atomic E-state index is 12.6. The predicted octanol–water partition coefficient (Wildman–Crippen LogP) is 0.577. The maximum Gasteiger partial charge on any atom is 0.321 e. The van der Waals surface area contributed by atoms with Crippen molar-refractivity contribution < 1.29 is 22.7 Å². The van der Waals surface area contributed by atoms with Gasteiger partial charge in [0.15, 0.2) is 0 Å². The summed E-state index contributed by atoms with van der Waals surface area (Å²) in [6.07, 6.45) is 0. The minimum Gasteiger partial charge on any atom is -0.480 e. The Hall–Kier alpha value is -1.47. The van der Waals surface area contributed by atoms with E-state index in [4.69, 9.17) is 5.11 Å². The molecule has 0 radical (unpaired) electrons. The van der Waals surface area contributed by atoms with E-state index in [0.717, 1.165) is 24.3 Å². The summed E-state index contributed by atoms with van der Waals surface area (Å²) in [6, 6.07) is 2.86. The lowest BCUT2D eigenvalue weighted by atomic mass is 10.4. The summed E-state index contributed by atoms with van der Waals surface area (Å²) in [5.41, 5.74) is 0. The average molecular weight is 247 g/mol. The molecule has 88 valence electrons. The van der Waals surface area contributed by atoms with Crippen molar-refractivity contribution in [3.63, 3.8) is 0 Å². The number of hydrogen-bond acceptors (Lipinski definition) is 3. The molecular weight excluding hydrogens is 237 g/mol. The first-order valence-corrected chi connectivity index (χ1v) is 5.82. The van der Waals surface area contributed by atoms with Crippen LogP contribution < -0.4 is 4.72 Å². The standard InChI is InChI=1S/C9H10FNO4S/c1-6(9(12)13)11-16(14,15)8-4-2-7(10)3-5-8/h2-6,11H,1H3,(H,12,13). The van der Waals surface area contributed by atoms with Crippen molar-refractivity contribution in [2.24, 2.45) is 0 Å². The summed E-state index contributed by atoms with van der Waals surface area (Å²) < 4.78 is 37.6. The Bertz CT molecular complexity index is 483. The first-order valence-electron chi connectivity index (χ1n) is 4.33. The van der Waals surface area contributed by atoms with Crippen molar-refractivity contribution in [2.75, 3.05) is 0 Å². The first-order chi connectivity index (χ1) is 7.33. The molecule has 0 fully saturated rings. The van der Waals surface area contributed by atoms with Crippen LogP contribution in [-0.2, 0) is 14.8 Å². The Balaban J connectivity index is 2.94. The van der Waals surface area contributed by atoms with Crippen LogP contribution in [0.3, 0.4) is 0 Å². The largest absolute Gasteiger partial charge is 0.480 e. The number of sulfonamides is 1. The van der Waals surface area contributed by atoms with Crippen molar-refractivity contribution in [3.8, 4) is 0 Å². The second kappa shape index (κ2) is 4.58. The normalized spacial score (nSPS) is 13.4. The maximum atomic E-state index is 12.6. The zero-order valence-corrected chi connectivity index (χ0v) is 9.16. The molecule has 0 spiro atoms. The Kier molecular flexibility index (Phi) is 3.61. The number of rotatable bonds is 4. The van der Waals surface area contributed by atoms with E-state index in [0.29, 0.717) is 0 Å². The monoisotopic (exact) mass is 247 g/mol. The SMILES string of the molecule is CC(NS(=O)(=O)c1ccc(F)cc1)C(=O)O. The predicted molar refractivity (Wildman–Crippen MR) is 53.8 cm³/mol. The number of carboxylic acids is 1. The van der Waals surface area contributed by atoms with Crippen molar-refractivity contribution in [1.82, 2.24) is 4.72 Å². The first kappa shape index (κ1) is 12.6. The lowest BCUT2D eigenvalue weighted by molar-refractivity contribution is -0.138. The molecule has 7 heteroatoms. The fourth-order valence-corrected chi connectivity index (χ4v) is 2.16. The molecule has 0 bridgehead atoms. The molecule has 0 heterocycles. The van der Waals surface area contributed by atoms with Crippen LogP contribution in [0.5, 0.6) is 0 Å². The summed E-state index contributed by atoms with van der Waals surface area (Å²) in [5.74, 6) is -1.85. The Morgan fingerprint density at radius 1 is 1.38 bits per heavy atom. The van der Waals surface area contributed by atoms with E-state index in [1.54, 1.807) is 0 Å². The van der Waals surface area contributed by atoms with E-state index >= 15 is 0 Å². The summed E-state index contributed by atoms with van der Waals surface area (Å²) in [7, 11) is -3.92. The Morgan fingerprint density at radius 2 is 1.88 bits per heavy atom. The zero-order valence-electron chi connectivity index (χ0n) is 8.34. The number of hydrogen-bond donors (Lipinski definition) is 2. The van der Waals surface area contributed by atoms with Gasteiger partial charge in [-0.2, -0.15) is 4.72 Å². The van der Waals surface area contributed by atoms with Crippen molar-refractivity contribution in [3.05, 3.63) is 30.1 Å². The molecule has 0 amide bonds. The molecule has 0 saturated carbocycles.